The summed E-state index contributed by atoms with van der Waals surface area (Å²) in [4.78, 5) is 9.19. The molecule has 22 heavy (non-hydrogen) atoms. The molecule has 1 aromatic heterocycles. The van der Waals surface area contributed by atoms with E-state index in [0.717, 1.165) is 6.07 Å². The van der Waals surface area contributed by atoms with E-state index in [1.807, 2.05) is 0 Å². The van der Waals surface area contributed by atoms with Crippen molar-refractivity contribution < 1.29 is 35.5 Å². The average molecular weight is 350 g/mol. The molecule has 120 valence electrons. The lowest BCUT2D eigenvalue weighted by molar-refractivity contribution is 0.419. The van der Waals surface area contributed by atoms with E-state index in [9.17, 15) is 31.3 Å². The zero-order valence-corrected chi connectivity index (χ0v) is 12.8. The summed E-state index contributed by atoms with van der Waals surface area (Å²) in [5.41, 5.74) is -1.39. The normalized spacial score (nSPS) is 12.7. The first-order valence-corrected chi connectivity index (χ1v) is 8.48. The smallest absolute Gasteiger partial charge is 0.339 e. The van der Waals surface area contributed by atoms with Gasteiger partial charge < -0.3 is 9.52 Å². The SMILES string of the molecule is Cc1c(C)c2cc(S(=O)(=O)O)c(O)c(S(=O)(=O)O)c2oc1=O. The Morgan fingerprint density at radius 1 is 1.00 bits per heavy atom. The molecule has 0 atom stereocenters. The number of hydrogen-bond donors (Lipinski definition) is 3. The quantitative estimate of drug-likeness (QED) is 0.520. The molecule has 0 spiro atoms. The lowest BCUT2D eigenvalue weighted by Gasteiger charge is -2.11. The highest BCUT2D eigenvalue weighted by atomic mass is 32.2. The van der Waals surface area contributed by atoms with Crippen LogP contribution in [-0.4, -0.2) is 31.0 Å². The highest BCUT2D eigenvalue weighted by Gasteiger charge is 2.30. The summed E-state index contributed by atoms with van der Waals surface area (Å²) in [5.74, 6) is -1.44. The maximum absolute atomic E-state index is 11.6. The van der Waals surface area contributed by atoms with Crippen LogP contribution in [0.4, 0.5) is 0 Å². The molecule has 0 aliphatic rings. The Morgan fingerprint density at radius 3 is 2.00 bits per heavy atom. The van der Waals surface area contributed by atoms with Crippen molar-refractivity contribution in [2.75, 3.05) is 0 Å². The standard InChI is InChI=1S/C11H10O9S2/c1-4-5(2)11(13)20-9-6(4)3-7(21(14,15)16)8(12)10(9)22(17,18)19/h3,12H,1-2H3,(H,14,15,16)(H,17,18,19). The van der Waals surface area contributed by atoms with E-state index in [2.05, 4.69) is 0 Å². The maximum Gasteiger partial charge on any atom is 0.339 e. The Morgan fingerprint density at radius 2 is 1.55 bits per heavy atom. The molecule has 11 heteroatoms. The van der Waals surface area contributed by atoms with Crippen molar-refractivity contribution in [2.45, 2.75) is 23.6 Å². The molecule has 0 bridgehead atoms. The summed E-state index contributed by atoms with van der Waals surface area (Å²) < 4.78 is 68.4. The van der Waals surface area contributed by atoms with Gasteiger partial charge >= 0.3 is 15.7 Å². The molecule has 0 saturated heterocycles. The molecular weight excluding hydrogens is 340 g/mol. The van der Waals surface area contributed by atoms with Gasteiger partial charge in [-0.1, -0.05) is 0 Å². The van der Waals surface area contributed by atoms with Gasteiger partial charge in [0, 0.05) is 10.9 Å². The van der Waals surface area contributed by atoms with E-state index < -0.39 is 47.0 Å². The Kier molecular flexibility index (Phi) is 3.56. The summed E-state index contributed by atoms with van der Waals surface area (Å²) >= 11 is 0. The fraction of sp³-hybridized carbons (Fsp3) is 0.182. The zero-order chi connectivity index (χ0) is 17.0. The largest absolute Gasteiger partial charge is 0.505 e. The number of fused-ring (bicyclic) bond motifs is 1. The minimum Gasteiger partial charge on any atom is -0.505 e. The van der Waals surface area contributed by atoms with Crippen LogP contribution in [0.3, 0.4) is 0 Å². The fourth-order valence-electron chi connectivity index (χ4n) is 1.95. The van der Waals surface area contributed by atoms with Gasteiger partial charge in [-0.15, -0.1) is 0 Å². The molecule has 0 saturated carbocycles. The van der Waals surface area contributed by atoms with Crippen LogP contribution in [0.1, 0.15) is 11.1 Å². The molecule has 1 aromatic carbocycles. The molecule has 2 aromatic rings. The lowest BCUT2D eigenvalue weighted by atomic mass is 10.1. The number of aromatic hydroxyl groups is 1. The van der Waals surface area contributed by atoms with Gasteiger partial charge in [-0.3, -0.25) is 9.11 Å². The third-order valence-electron chi connectivity index (χ3n) is 3.18. The van der Waals surface area contributed by atoms with Crippen LogP contribution in [0, 0.1) is 13.8 Å². The van der Waals surface area contributed by atoms with Gasteiger partial charge in [-0.25, -0.2) is 4.79 Å². The monoisotopic (exact) mass is 350 g/mol. The topological polar surface area (TPSA) is 159 Å². The first kappa shape index (κ1) is 16.4. The van der Waals surface area contributed by atoms with Crippen LogP contribution in [0.25, 0.3) is 11.0 Å². The highest BCUT2D eigenvalue weighted by Crippen LogP contribution is 2.38. The van der Waals surface area contributed by atoms with Crippen LogP contribution in [0.15, 0.2) is 25.1 Å². The van der Waals surface area contributed by atoms with Crippen molar-refractivity contribution in [3.8, 4) is 5.75 Å². The Labute approximate surface area is 124 Å². The van der Waals surface area contributed by atoms with E-state index in [1.54, 1.807) is 0 Å². The van der Waals surface area contributed by atoms with Gasteiger partial charge in [0.15, 0.2) is 16.2 Å². The average Bonchev–Trinajstić information content (AvgIpc) is 2.32. The molecule has 3 N–H and O–H groups in total. The molecule has 9 nitrogen and oxygen atoms in total. The predicted octanol–water partition coefficient (Wildman–Crippen LogP) is 0.609. The van der Waals surface area contributed by atoms with Gasteiger partial charge in [0.2, 0.25) is 0 Å². The molecule has 0 unspecified atom stereocenters. The third-order valence-corrected chi connectivity index (χ3v) is 4.94. The van der Waals surface area contributed by atoms with Crippen LogP contribution >= 0.6 is 0 Å². The van der Waals surface area contributed by atoms with Crippen LogP contribution in [0.5, 0.6) is 5.75 Å². The molecule has 2 rings (SSSR count). The van der Waals surface area contributed by atoms with Gasteiger partial charge in [-0.2, -0.15) is 16.8 Å². The summed E-state index contributed by atoms with van der Waals surface area (Å²) in [6.45, 7) is 2.74. The highest BCUT2D eigenvalue weighted by molar-refractivity contribution is 7.87. The minimum atomic E-state index is -5.15. The Balaban J connectivity index is 3.29. The molecule has 1 heterocycles. The zero-order valence-electron chi connectivity index (χ0n) is 11.2. The van der Waals surface area contributed by atoms with E-state index in [1.165, 1.54) is 13.8 Å². The summed E-state index contributed by atoms with van der Waals surface area (Å²) in [5, 5.41) is 9.60. The third kappa shape index (κ3) is 2.47. The number of aryl methyl sites for hydroxylation is 1. The Hall–Kier alpha value is -1.95. The van der Waals surface area contributed by atoms with Gasteiger partial charge in [0.25, 0.3) is 10.1 Å². The molecule has 0 radical (unpaired) electrons. The fourth-order valence-corrected chi connectivity index (χ4v) is 3.36. The summed E-state index contributed by atoms with van der Waals surface area (Å²) in [7, 11) is -10.1. The molecule has 0 aliphatic heterocycles. The number of hydrogen-bond acceptors (Lipinski definition) is 7. The molecule has 0 amide bonds. The number of rotatable bonds is 2. The number of benzene rings is 1. The van der Waals surface area contributed by atoms with Gasteiger partial charge in [-0.05, 0) is 25.5 Å². The van der Waals surface area contributed by atoms with Crippen molar-refractivity contribution in [1.29, 1.82) is 0 Å². The molecule has 0 fully saturated rings. The van der Waals surface area contributed by atoms with E-state index in [-0.39, 0.29) is 16.5 Å². The molecule has 0 aliphatic carbocycles. The van der Waals surface area contributed by atoms with E-state index >= 15 is 0 Å². The van der Waals surface area contributed by atoms with Gasteiger partial charge in [0.05, 0.1) is 0 Å². The summed E-state index contributed by atoms with van der Waals surface area (Å²) in [6.07, 6.45) is 0. The second kappa shape index (κ2) is 4.78. The number of phenols is 1. The van der Waals surface area contributed by atoms with E-state index in [0.29, 0.717) is 0 Å². The predicted molar refractivity (Wildman–Crippen MR) is 73.3 cm³/mol. The van der Waals surface area contributed by atoms with Crippen LogP contribution in [-0.2, 0) is 20.2 Å². The second-order valence-electron chi connectivity index (χ2n) is 4.52. The van der Waals surface area contributed by atoms with Crippen LogP contribution < -0.4 is 5.63 Å². The van der Waals surface area contributed by atoms with E-state index in [4.69, 9.17) is 8.97 Å². The van der Waals surface area contributed by atoms with Crippen molar-refractivity contribution >= 4 is 31.2 Å². The summed E-state index contributed by atoms with van der Waals surface area (Å²) in [6, 6.07) is 0.750. The minimum absolute atomic E-state index is 0.0702. The van der Waals surface area contributed by atoms with Crippen molar-refractivity contribution in [3.05, 3.63) is 27.6 Å². The van der Waals surface area contributed by atoms with Crippen LogP contribution in [0.2, 0.25) is 0 Å². The molecular formula is C11H10O9S2. The van der Waals surface area contributed by atoms with Gasteiger partial charge in [0.1, 0.15) is 4.90 Å². The number of phenolic OH excluding ortho intramolecular Hbond substituents is 1. The second-order valence-corrected chi connectivity index (χ2v) is 7.27. The first-order valence-electron chi connectivity index (χ1n) is 5.60. The van der Waals surface area contributed by atoms with Crippen molar-refractivity contribution in [1.82, 2.24) is 0 Å². The van der Waals surface area contributed by atoms with Crippen molar-refractivity contribution in [2.24, 2.45) is 0 Å². The first-order chi connectivity index (χ1) is 9.85. The maximum atomic E-state index is 11.6. The Bertz CT molecular complexity index is 1060. The lowest BCUT2D eigenvalue weighted by Crippen LogP contribution is -2.11. The van der Waals surface area contributed by atoms with Crippen molar-refractivity contribution in [3.63, 3.8) is 0 Å².